The van der Waals surface area contributed by atoms with E-state index in [2.05, 4.69) is 0 Å². The van der Waals surface area contributed by atoms with Crippen molar-refractivity contribution in [2.45, 2.75) is 6.29 Å². The van der Waals surface area contributed by atoms with Gasteiger partial charge < -0.3 is 9.47 Å². The molecule has 0 fully saturated rings. The highest BCUT2D eigenvalue weighted by molar-refractivity contribution is 5.51. The highest BCUT2D eigenvalue weighted by atomic mass is 16.7. The summed E-state index contributed by atoms with van der Waals surface area (Å²) in [5.41, 5.74) is 0.928. The van der Waals surface area contributed by atoms with Crippen molar-refractivity contribution in [3.05, 3.63) is 46.0 Å². The highest BCUT2D eigenvalue weighted by Gasteiger charge is 2.03. The Morgan fingerprint density at radius 2 is 1.81 bits per heavy atom. The minimum atomic E-state index is -0.430. The minimum absolute atomic E-state index is 0.0761. The zero-order chi connectivity index (χ0) is 12.0. The molecular formula is C11H13NO4. The zero-order valence-corrected chi connectivity index (χ0v) is 9.12. The van der Waals surface area contributed by atoms with Crippen LogP contribution in [0.2, 0.25) is 0 Å². The van der Waals surface area contributed by atoms with Crippen LogP contribution in [0.1, 0.15) is 5.56 Å². The van der Waals surface area contributed by atoms with E-state index in [1.54, 1.807) is 24.3 Å². The number of benzene rings is 1. The van der Waals surface area contributed by atoms with Crippen molar-refractivity contribution in [2.24, 2.45) is 0 Å². The molecule has 0 atom stereocenters. The molecule has 0 aliphatic heterocycles. The number of hydrogen-bond donors (Lipinski definition) is 0. The minimum Gasteiger partial charge on any atom is -0.352 e. The predicted molar refractivity (Wildman–Crippen MR) is 59.9 cm³/mol. The SMILES string of the molecule is COC(/C=C/c1ccc([N+](=O)[O-])cc1)OC. The van der Waals surface area contributed by atoms with Gasteiger partial charge in [0.2, 0.25) is 0 Å². The predicted octanol–water partition coefficient (Wildman–Crippen LogP) is 2.23. The standard InChI is InChI=1S/C11H13NO4/c1-15-11(16-2)8-5-9-3-6-10(7-4-9)12(13)14/h3-8,11H,1-2H3/b8-5+. The van der Waals surface area contributed by atoms with Crippen LogP contribution in [-0.2, 0) is 9.47 Å². The number of nitrogens with zero attached hydrogens (tertiary/aromatic N) is 1. The average Bonchev–Trinajstić information content (AvgIpc) is 2.31. The average molecular weight is 223 g/mol. The molecule has 5 nitrogen and oxygen atoms in total. The van der Waals surface area contributed by atoms with Crippen LogP contribution >= 0.6 is 0 Å². The van der Waals surface area contributed by atoms with Crippen LogP contribution in [0.5, 0.6) is 0 Å². The molecule has 0 saturated carbocycles. The van der Waals surface area contributed by atoms with Crippen LogP contribution in [0.15, 0.2) is 30.3 Å². The molecular weight excluding hydrogens is 210 g/mol. The van der Waals surface area contributed by atoms with Gasteiger partial charge in [0.15, 0.2) is 6.29 Å². The summed E-state index contributed by atoms with van der Waals surface area (Å²) in [5.74, 6) is 0. The maximum absolute atomic E-state index is 10.4. The molecule has 0 N–H and O–H groups in total. The van der Waals surface area contributed by atoms with Crippen molar-refractivity contribution in [3.8, 4) is 0 Å². The molecule has 0 aliphatic carbocycles. The quantitative estimate of drug-likeness (QED) is 0.436. The second-order valence-corrected chi connectivity index (χ2v) is 3.05. The van der Waals surface area contributed by atoms with E-state index in [1.165, 1.54) is 26.4 Å². The molecule has 0 unspecified atom stereocenters. The van der Waals surface area contributed by atoms with Gasteiger partial charge in [-0.15, -0.1) is 0 Å². The van der Waals surface area contributed by atoms with Gasteiger partial charge in [-0.3, -0.25) is 10.1 Å². The largest absolute Gasteiger partial charge is 0.352 e. The van der Waals surface area contributed by atoms with Crippen molar-refractivity contribution >= 4 is 11.8 Å². The fourth-order valence-corrected chi connectivity index (χ4v) is 1.15. The molecule has 1 rings (SSSR count). The van der Waals surface area contributed by atoms with E-state index in [0.29, 0.717) is 0 Å². The van der Waals surface area contributed by atoms with Gasteiger partial charge in [0.25, 0.3) is 5.69 Å². The monoisotopic (exact) mass is 223 g/mol. The van der Waals surface area contributed by atoms with Crippen molar-refractivity contribution in [1.82, 2.24) is 0 Å². The van der Waals surface area contributed by atoms with E-state index in [4.69, 9.17) is 9.47 Å². The van der Waals surface area contributed by atoms with E-state index < -0.39 is 11.2 Å². The van der Waals surface area contributed by atoms with E-state index in [1.807, 2.05) is 0 Å². The lowest BCUT2D eigenvalue weighted by Crippen LogP contribution is -2.08. The van der Waals surface area contributed by atoms with E-state index in [9.17, 15) is 10.1 Å². The molecule has 0 heterocycles. The first-order chi connectivity index (χ1) is 7.67. The van der Waals surface area contributed by atoms with E-state index >= 15 is 0 Å². The maximum atomic E-state index is 10.4. The number of nitro benzene ring substituents is 1. The molecule has 86 valence electrons. The van der Waals surface area contributed by atoms with Crippen molar-refractivity contribution in [1.29, 1.82) is 0 Å². The first kappa shape index (κ1) is 12.4. The Labute approximate surface area is 93.4 Å². The topological polar surface area (TPSA) is 61.6 Å². The summed E-state index contributed by atoms with van der Waals surface area (Å²) in [6.07, 6.45) is 3.10. The summed E-state index contributed by atoms with van der Waals surface area (Å²) in [4.78, 5) is 9.99. The molecule has 16 heavy (non-hydrogen) atoms. The Morgan fingerprint density at radius 1 is 1.25 bits per heavy atom. The fraction of sp³-hybridized carbons (Fsp3) is 0.273. The maximum Gasteiger partial charge on any atom is 0.269 e. The third-order valence-electron chi connectivity index (χ3n) is 2.01. The number of rotatable bonds is 5. The summed E-state index contributed by atoms with van der Waals surface area (Å²) in [5, 5.41) is 10.4. The Bertz CT molecular complexity index is 368. The highest BCUT2D eigenvalue weighted by Crippen LogP contribution is 2.13. The van der Waals surface area contributed by atoms with Crippen molar-refractivity contribution in [3.63, 3.8) is 0 Å². The van der Waals surface area contributed by atoms with Gasteiger partial charge in [0.05, 0.1) is 4.92 Å². The van der Waals surface area contributed by atoms with Crippen molar-refractivity contribution < 1.29 is 14.4 Å². The lowest BCUT2D eigenvalue weighted by molar-refractivity contribution is -0.384. The number of non-ortho nitro benzene ring substituents is 1. The van der Waals surface area contributed by atoms with Crippen LogP contribution in [0.3, 0.4) is 0 Å². The number of methoxy groups -OCH3 is 2. The molecule has 1 aromatic rings. The van der Waals surface area contributed by atoms with Crippen LogP contribution in [0, 0.1) is 10.1 Å². The second kappa shape index (κ2) is 5.99. The lowest BCUT2D eigenvalue weighted by atomic mass is 10.2. The first-order valence-corrected chi connectivity index (χ1v) is 4.65. The molecule has 0 aromatic heterocycles. The van der Waals surface area contributed by atoms with Gasteiger partial charge >= 0.3 is 0 Å². The van der Waals surface area contributed by atoms with Crippen LogP contribution < -0.4 is 0 Å². The second-order valence-electron chi connectivity index (χ2n) is 3.05. The molecule has 5 heteroatoms. The fourth-order valence-electron chi connectivity index (χ4n) is 1.15. The van der Waals surface area contributed by atoms with Gasteiger partial charge in [-0.25, -0.2) is 0 Å². The molecule has 0 aliphatic rings. The summed E-state index contributed by atoms with van der Waals surface area (Å²) in [6.45, 7) is 0. The van der Waals surface area contributed by atoms with Gasteiger partial charge in [0.1, 0.15) is 0 Å². The summed E-state index contributed by atoms with van der Waals surface area (Å²) in [6, 6.07) is 6.23. The van der Waals surface area contributed by atoms with Crippen LogP contribution in [-0.4, -0.2) is 25.4 Å². The first-order valence-electron chi connectivity index (χ1n) is 4.65. The van der Waals surface area contributed by atoms with Crippen LogP contribution in [0.4, 0.5) is 5.69 Å². The van der Waals surface area contributed by atoms with Gasteiger partial charge in [-0.05, 0) is 23.8 Å². The number of nitro groups is 1. The third kappa shape index (κ3) is 3.45. The Kier molecular flexibility index (Phi) is 4.63. The smallest absolute Gasteiger partial charge is 0.269 e. The van der Waals surface area contributed by atoms with Gasteiger partial charge in [-0.1, -0.05) is 6.08 Å². The molecule has 1 aromatic carbocycles. The van der Waals surface area contributed by atoms with Crippen molar-refractivity contribution in [2.75, 3.05) is 14.2 Å². The van der Waals surface area contributed by atoms with Crippen LogP contribution in [0.25, 0.3) is 6.08 Å². The van der Waals surface area contributed by atoms with Gasteiger partial charge in [0, 0.05) is 26.4 Å². The molecule has 0 bridgehead atoms. The molecule has 0 amide bonds. The molecule has 0 radical (unpaired) electrons. The zero-order valence-electron chi connectivity index (χ0n) is 9.12. The summed E-state index contributed by atoms with van der Waals surface area (Å²) < 4.78 is 9.93. The Hall–Kier alpha value is -1.72. The Balaban J connectivity index is 2.71. The summed E-state index contributed by atoms with van der Waals surface area (Å²) >= 11 is 0. The Morgan fingerprint density at radius 3 is 2.25 bits per heavy atom. The lowest BCUT2D eigenvalue weighted by Gasteiger charge is -2.06. The van der Waals surface area contributed by atoms with Gasteiger partial charge in [-0.2, -0.15) is 0 Å². The third-order valence-corrected chi connectivity index (χ3v) is 2.01. The normalized spacial score (nSPS) is 11.2. The summed E-state index contributed by atoms with van der Waals surface area (Å²) in [7, 11) is 3.07. The van der Waals surface area contributed by atoms with E-state index in [-0.39, 0.29) is 5.69 Å². The van der Waals surface area contributed by atoms with E-state index in [0.717, 1.165) is 5.56 Å². The number of hydrogen-bond acceptors (Lipinski definition) is 4. The number of ether oxygens (including phenoxy) is 2. The molecule has 0 saturated heterocycles. The molecule has 0 spiro atoms.